The molecule has 0 saturated carbocycles. The van der Waals surface area contributed by atoms with Gasteiger partial charge in [0, 0.05) is 38.8 Å². The van der Waals surface area contributed by atoms with Gasteiger partial charge in [0.15, 0.2) is 0 Å². The van der Waals surface area contributed by atoms with E-state index in [0.29, 0.717) is 24.7 Å². The van der Waals surface area contributed by atoms with Crippen LogP contribution in [0.1, 0.15) is 32.1 Å². The molecule has 112 valence electrons. The van der Waals surface area contributed by atoms with Crippen molar-refractivity contribution in [1.29, 1.82) is 0 Å². The molecule has 2 rings (SSSR count). The summed E-state index contributed by atoms with van der Waals surface area (Å²) in [7, 11) is 2.19. The van der Waals surface area contributed by atoms with E-state index in [2.05, 4.69) is 10.2 Å². The second kappa shape index (κ2) is 6.08. The lowest BCUT2D eigenvalue weighted by molar-refractivity contribution is 0.0314. The van der Waals surface area contributed by atoms with Gasteiger partial charge < -0.3 is 5.32 Å². The Kier molecular flexibility index (Phi) is 4.87. The van der Waals surface area contributed by atoms with Gasteiger partial charge in [0.2, 0.25) is 10.0 Å². The highest BCUT2D eigenvalue weighted by Gasteiger charge is 2.37. The number of hydrogen-bond donors (Lipinski definition) is 1. The summed E-state index contributed by atoms with van der Waals surface area (Å²) < 4.78 is 25.1. The quantitative estimate of drug-likeness (QED) is 0.800. The summed E-state index contributed by atoms with van der Waals surface area (Å²) in [6.45, 7) is 0.687. The fraction of sp³-hybridized carbons (Fsp3) is 1.00. The molecule has 1 N–H and O–H groups in total. The number of nitrogens with zero attached hydrogens (tertiary/aromatic N) is 2. The average molecular weight is 289 g/mol. The molecule has 2 aliphatic heterocycles. The topological polar surface area (TPSA) is 52.7 Å². The molecule has 0 aliphatic carbocycles. The van der Waals surface area contributed by atoms with Gasteiger partial charge in [-0.1, -0.05) is 6.42 Å². The van der Waals surface area contributed by atoms with Crippen LogP contribution in [-0.4, -0.2) is 69.2 Å². The normalized spacial score (nSPS) is 32.7. The lowest BCUT2D eigenvalue weighted by Gasteiger charge is -2.49. The maximum absolute atomic E-state index is 11.9. The van der Waals surface area contributed by atoms with Crippen LogP contribution in [0.5, 0.6) is 0 Å². The molecule has 2 unspecified atom stereocenters. The third kappa shape index (κ3) is 3.48. The molecule has 2 fully saturated rings. The Balaban J connectivity index is 1.97. The van der Waals surface area contributed by atoms with Crippen molar-refractivity contribution in [2.45, 2.75) is 50.2 Å². The van der Waals surface area contributed by atoms with Crippen LogP contribution in [-0.2, 0) is 10.0 Å². The highest BCUT2D eigenvalue weighted by Crippen LogP contribution is 2.33. The van der Waals surface area contributed by atoms with Crippen molar-refractivity contribution in [2.24, 2.45) is 0 Å². The predicted molar refractivity (Wildman–Crippen MR) is 77.7 cm³/mol. The summed E-state index contributed by atoms with van der Waals surface area (Å²) >= 11 is 0. The van der Waals surface area contributed by atoms with Gasteiger partial charge >= 0.3 is 0 Å². The van der Waals surface area contributed by atoms with Crippen molar-refractivity contribution in [3.8, 4) is 0 Å². The third-order valence-corrected chi connectivity index (χ3v) is 6.51. The van der Waals surface area contributed by atoms with Gasteiger partial charge in [-0.3, -0.25) is 4.90 Å². The molecule has 2 atom stereocenters. The van der Waals surface area contributed by atoms with E-state index >= 15 is 0 Å². The maximum atomic E-state index is 11.9. The van der Waals surface area contributed by atoms with E-state index in [-0.39, 0.29) is 5.75 Å². The second-order valence-electron chi connectivity index (χ2n) is 6.03. The van der Waals surface area contributed by atoms with Gasteiger partial charge in [0.25, 0.3) is 0 Å². The standard InChI is InChI=1S/C13H27N3O2S/c1-14-11-9-12-5-4-6-13(10-11)16(12)7-8-19(17,18)15(2)3/h11-14H,4-10H2,1-3H3. The molecule has 5 nitrogen and oxygen atoms in total. The Labute approximate surface area is 117 Å². The fourth-order valence-electron chi connectivity index (χ4n) is 3.48. The van der Waals surface area contributed by atoms with Gasteiger partial charge in [-0.2, -0.15) is 0 Å². The van der Waals surface area contributed by atoms with E-state index in [4.69, 9.17) is 0 Å². The lowest BCUT2D eigenvalue weighted by atomic mass is 9.82. The first-order chi connectivity index (χ1) is 8.94. The molecule has 0 amide bonds. The first-order valence-electron chi connectivity index (χ1n) is 7.27. The Morgan fingerprint density at radius 2 is 1.79 bits per heavy atom. The Bertz CT molecular complexity index is 383. The largest absolute Gasteiger partial charge is 0.317 e. The zero-order valence-corrected chi connectivity index (χ0v) is 13.1. The van der Waals surface area contributed by atoms with E-state index in [1.807, 2.05) is 7.05 Å². The van der Waals surface area contributed by atoms with Crippen LogP contribution in [0.25, 0.3) is 0 Å². The first-order valence-corrected chi connectivity index (χ1v) is 8.88. The minimum absolute atomic E-state index is 0.247. The van der Waals surface area contributed by atoms with Crippen LogP contribution in [0.15, 0.2) is 0 Å². The number of fused-ring (bicyclic) bond motifs is 2. The van der Waals surface area contributed by atoms with Gasteiger partial charge in [-0.25, -0.2) is 12.7 Å². The van der Waals surface area contributed by atoms with Crippen LogP contribution in [0, 0.1) is 0 Å². The second-order valence-corrected chi connectivity index (χ2v) is 8.33. The predicted octanol–water partition coefficient (Wildman–Crippen LogP) is 0.483. The smallest absolute Gasteiger partial charge is 0.214 e. The van der Waals surface area contributed by atoms with Crippen LogP contribution in [0.2, 0.25) is 0 Å². The van der Waals surface area contributed by atoms with Crippen molar-refractivity contribution in [2.75, 3.05) is 33.4 Å². The molecule has 2 bridgehead atoms. The monoisotopic (exact) mass is 289 g/mol. The molecule has 2 aliphatic rings. The minimum atomic E-state index is -3.07. The van der Waals surface area contributed by atoms with E-state index in [1.54, 1.807) is 14.1 Å². The Morgan fingerprint density at radius 3 is 2.26 bits per heavy atom. The van der Waals surface area contributed by atoms with Gasteiger partial charge in [-0.05, 0) is 32.7 Å². The molecule has 0 radical (unpaired) electrons. The van der Waals surface area contributed by atoms with Crippen LogP contribution < -0.4 is 5.32 Å². The SMILES string of the molecule is CNC1CC2CCCC(C1)N2CCS(=O)(=O)N(C)C. The molecule has 2 heterocycles. The van der Waals surface area contributed by atoms with Crippen LogP contribution >= 0.6 is 0 Å². The molecule has 6 heteroatoms. The number of nitrogens with one attached hydrogen (secondary N) is 1. The van der Waals surface area contributed by atoms with Crippen molar-refractivity contribution < 1.29 is 8.42 Å². The van der Waals surface area contributed by atoms with Gasteiger partial charge in [0.1, 0.15) is 0 Å². The summed E-state index contributed by atoms with van der Waals surface area (Å²) in [5.41, 5.74) is 0. The molecule has 0 aromatic rings. The summed E-state index contributed by atoms with van der Waals surface area (Å²) in [5.74, 6) is 0.247. The van der Waals surface area contributed by atoms with E-state index in [9.17, 15) is 8.42 Å². The molecular weight excluding hydrogens is 262 g/mol. The molecule has 2 saturated heterocycles. The minimum Gasteiger partial charge on any atom is -0.317 e. The molecule has 0 aromatic carbocycles. The van der Waals surface area contributed by atoms with E-state index < -0.39 is 10.0 Å². The van der Waals surface area contributed by atoms with Crippen molar-refractivity contribution in [1.82, 2.24) is 14.5 Å². The molecule has 0 aromatic heterocycles. The number of hydrogen-bond acceptors (Lipinski definition) is 4. The van der Waals surface area contributed by atoms with Gasteiger partial charge in [-0.15, -0.1) is 0 Å². The molecule has 19 heavy (non-hydrogen) atoms. The third-order valence-electron chi connectivity index (χ3n) is 4.70. The van der Waals surface area contributed by atoms with Crippen LogP contribution in [0.4, 0.5) is 0 Å². The summed E-state index contributed by atoms with van der Waals surface area (Å²) in [4.78, 5) is 2.46. The summed E-state index contributed by atoms with van der Waals surface area (Å²) in [6.07, 6.45) is 6.06. The van der Waals surface area contributed by atoms with Crippen LogP contribution in [0.3, 0.4) is 0 Å². The van der Waals surface area contributed by atoms with Crippen molar-refractivity contribution in [3.63, 3.8) is 0 Å². The molecule has 0 spiro atoms. The van der Waals surface area contributed by atoms with Crippen molar-refractivity contribution in [3.05, 3.63) is 0 Å². The summed E-state index contributed by atoms with van der Waals surface area (Å²) in [6, 6.07) is 1.75. The zero-order valence-electron chi connectivity index (χ0n) is 12.3. The van der Waals surface area contributed by atoms with Gasteiger partial charge in [0.05, 0.1) is 5.75 Å². The highest BCUT2D eigenvalue weighted by molar-refractivity contribution is 7.89. The van der Waals surface area contributed by atoms with Crippen molar-refractivity contribution >= 4 is 10.0 Å². The van der Waals surface area contributed by atoms with E-state index in [1.165, 1.54) is 23.6 Å². The number of sulfonamides is 1. The zero-order chi connectivity index (χ0) is 14.0. The fourth-order valence-corrected chi connectivity index (χ4v) is 4.29. The Hall–Kier alpha value is -0.170. The highest BCUT2D eigenvalue weighted by atomic mass is 32.2. The lowest BCUT2D eigenvalue weighted by Crippen LogP contribution is -2.57. The number of rotatable bonds is 5. The van der Waals surface area contributed by atoms with E-state index in [0.717, 1.165) is 12.8 Å². The Morgan fingerprint density at radius 1 is 1.21 bits per heavy atom. The maximum Gasteiger partial charge on any atom is 0.214 e. The molecular formula is C13H27N3O2S. The number of piperidine rings is 2. The summed E-state index contributed by atoms with van der Waals surface area (Å²) in [5, 5.41) is 3.39. The first kappa shape index (κ1) is 15.2. The average Bonchev–Trinajstić information content (AvgIpc) is 2.35.